The number of aryl methyl sites for hydroxylation is 3. The van der Waals surface area contributed by atoms with Crippen molar-refractivity contribution in [1.82, 2.24) is 19.6 Å². The Bertz CT molecular complexity index is 691. The van der Waals surface area contributed by atoms with Crippen LogP contribution in [0, 0.1) is 6.92 Å². The first-order valence-electron chi connectivity index (χ1n) is 6.57. The quantitative estimate of drug-likeness (QED) is 0.669. The molecular formula is C15H20N4. The summed E-state index contributed by atoms with van der Waals surface area (Å²) in [5.41, 5.74) is 4.45. The third kappa shape index (κ3) is 2.38. The minimum atomic E-state index is 0.999. The van der Waals surface area contributed by atoms with Crippen molar-refractivity contribution in [2.45, 2.75) is 20.8 Å². The second-order valence-electron chi connectivity index (χ2n) is 4.40. The first-order chi connectivity index (χ1) is 9.15. The van der Waals surface area contributed by atoms with Crippen LogP contribution in [-0.2, 0) is 14.1 Å². The van der Waals surface area contributed by atoms with Crippen LogP contribution < -0.4 is 0 Å². The average Bonchev–Trinajstić information content (AvgIpc) is 2.96. The molecule has 2 aromatic heterocycles. The maximum atomic E-state index is 4.58. The van der Waals surface area contributed by atoms with E-state index in [-0.39, 0.29) is 0 Å². The smallest absolute Gasteiger partial charge is 0.103 e. The SMILES string of the molecule is CC.Cc1ccc2c(c1)c(-c1cnn(C)c1)nn2C. The Morgan fingerprint density at radius 3 is 2.47 bits per heavy atom. The second-order valence-corrected chi connectivity index (χ2v) is 4.40. The minimum Gasteiger partial charge on any atom is -0.275 e. The van der Waals surface area contributed by atoms with E-state index in [4.69, 9.17) is 0 Å². The van der Waals surface area contributed by atoms with Gasteiger partial charge in [0, 0.05) is 31.2 Å². The third-order valence-electron chi connectivity index (χ3n) is 2.98. The van der Waals surface area contributed by atoms with Crippen molar-refractivity contribution in [3.05, 3.63) is 36.2 Å². The molecule has 0 aliphatic rings. The molecule has 0 aliphatic heterocycles. The minimum absolute atomic E-state index is 0.999. The molecule has 0 amide bonds. The van der Waals surface area contributed by atoms with Gasteiger partial charge in [-0.15, -0.1) is 0 Å². The highest BCUT2D eigenvalue weighted by Gasteiger charge is 2.11. The van der Waals surface area contributed by atoms with Gasteiger partial charge >= 0.3 is 0 Å². The van der Waals surface area contributed by atoms with Crippen LogP contribution in [0.15, 0.2) is 30.6 Å². The predicted molar refractivity (Wildman–Crippen MR) is 79.0 cm³/mol. The van der Waals surface area contributed by atoms with Gasteiger partial charge in [-0.1, -0.05) is 25.5 Å². The van der Waals surface area contributed by atoms with E-state index in [1.54, 1.807) is 4.68 Å². The fraction of sp³-hybridized carbons (Fsp3) is 0.333. The Morgan fingerprint density at radius 1 is 1.11 bits per heavy atom. The van der Waals surface area contributed by atoms with Crippen LogP contribution in [0.5, 0.6) is 0 Å². The van der Waals surface area contributed by atoms with E-state index >= 15 is 0 Å². The summed E-state index contributed by atoms with van der Waals surface area (Å²) in [6.45, 7) is 6.10. The Labute approximate surface area is 113 Å². The Kier molecular flexibility index (Phi) is 3.69. The molecule has 0 unspecified atom stereocenters. The summed E-state index contributed by atoms with van der Waals surface area (Å²) in [5, 5.41) is 9.96. The molecule has 19 heavy (non-hydrogen) atoms. The van der Waals surface area contributed by atoms with Gasteiger partial charge in [0.25, 0.3) is 0 Å². The van der Waals surface area contributed by atoms with Gasteiger partial charge in [-0.25, -0.2) is 0 Å². The first kappa shape index (κ1) is 13.3. The lowest BCUT2D eigenvalue weighted by Gasteiger charge is -1.95. The molecule has 0 radical (unpaired) electrons. The van der Waals surface area contributed by atoms with Gasteiger partial charge in [0.05, 0.1) is 11.7 Å². The largest absolute Gasteiger partial charge is 0.275 e. The summed E-state index contributed by atoms with van der Waals surface area (Å²) in [6.07, 6.45) is 3.84. The molecule has 1 aromatic carbocycles. The Balaban J connectivity index is 0.000000637. The lowest BCUT2D eigenvalue weighted by atomic mass is 10.1. The molecule has 0 N–H and O–H groups in total. The molecule has 0 fully saturated rings. The standard InChI is InChI=1S/C13H14N4.C2H6/c1-9-4-5-12-11(6-9)13(15-17(12)3)10-7-14-16(2)8-10;1-2/h4-8H,1-3H3;1-2H3. The van der Waals surface area contributed by atoms with E-state index in [0.717, 1.165) is 16.8 Å². The molecule has 0 saturated carbocycles. The molecule has 100 valence electrons. The highest BCUT2D eigenvalue weighted by atomic mass is 15.3. The van der Waals surface area contributed by atoms with E-state index in [0.29, 0.717) is 0 Å². The molecule has 2 heterocycles. The van der Waals surface area contributed by atoms with Gasteiger partial charge < -0.3 is 0 Å². The van der Waals surface area contributed by atoms with Crippen molar-refractivity contribution < 1.29 is 0 Å². The number of hydrogen-bond acceptors (Lipinski definition) is 2. The van der Waals surface area contributed by atoms with Crippen molar-refractivity contribution in [3.8, 4) is 11.3 Å². The number of nitrogens with zero attached hydrogens (tertiary/aromatic N) is 4. The Morgan fingerprint density at radius 2 is 1.84 bits per heavy atom. The zero-order valence-electron chi connectivity index (χ0n) is 12.2. The fourth-order valence-corrected chi connectivity index (χ4v) is 2.14. The van der Waals surface area contributed by atoms with Gasteiger partial charge in [-0.3, -0.25) is 9.36 Å². The molecule has 3 rings (SSSR count). The summed E-state index contributed by atoms with van der Waals surface area (Å²) in [7, 11) is 3.89. The topological polar surface area (TPSA) is 35.6 Å². The lowest BCUT2D eigenvalue weighted by Crippen LogP contribution is -1.89. The molecule has 0 atom stereocenters. The molecule has 0 saturated heterocycles. The highest BCUT2D eigenvalue weighted by molar-refractivity contribution is 5.93. The zero-order valence-corrected chi connectivity index (χ0v) is 12.2. The average molecular weight is 256 g/mol. The fourth-order valence-electron chi connectivity index (χ4n) is 2.14. The van der Waals surface area contributed by atoms with Gasteiger partial charge in [0.15, 0.2) is 0 Å². The van der Waals surface area contributed by atoms with E-state index < -0.39 is 0 Å². The molecule has 4 heteroatoms. The van der Waals surface area contributed by atoms with Gasteiger partial charge in [-0.05, 0) is 19.1 Å². The van der Waals surface area contributed by atoms with Crippen LogP contribution >= 0.6 is 0 Å². The summed E-state index contributed by atoms with van der Waals surface area (Å²) in [6, 6.07) is 6.39. The van der Waals surface area contributed by atoms with Crippen LogP contribution in [0.25, 0.3) is 22.2 Å². The molecular weight excluding hydrogens is 236 g/mol. The third-order valence-corrected chi connectivity index (χ3v) is 2.98. The monoisotopic (exact) mass is 256 g/mol. The maximum Gasteiger partial charge on any atom is 0.103 e. The van der Waals surface area contributed by atoms with Gasteiger partial charge in [0.2, 0.25) is 0 Å². The number of aromatic nitrogens is 4. The lowest BCUT2D eigenvalue weighted by molar-refractivity contribution is 0.767. The summed E-state index contributed by atoms with van der Waals surface area (Å²) in [5.74, 6) is 0. The molecule has 0 bridgehead atoms. The number of hydrogen-bond donors (Lipinski definition) is 0. The van der Waals surface area contributed by atoms with Crippen LogP contribution in [0.2, 0.25) is 0 Å². The number of benzene rings is 1. The van der Waals surface area contributed by atoms with Crippen molar-refractivity contribution in [1.29, 1.82) is 0 Å². The molecule has 3 aromatic rings. The molecule has 4 nitrogen and oxygen atoms in total. The van der Waals surface area contributed by atoms with E-state index in [1.165, 1.54) is 10.9 Å². The first-order valence-corrected chi connectivity index (χ1v) is 6.57. The zero-order chi connectivity index (χ0) is 14.0. The van der Waals surface area contributed by atoms with Crippen LogP contribution in [0.3, 0.4) is 0 Å². The summed E-state index contributed by atoms with van der Waals surface area (Å²) in [4.78, 5) is 0. The van der Waals surface area contributed by atoms with Gasteiger partial charge in [0.1, 0.15) is 5.69 Å². The van der Waals surface area contributed by atoms with E-state index in [9.17, 15) is 0 Å². The predicted octanol–water partition coefficient (Wildman–Crippen LogP) is 3.31. The highest BCUT2D eigenvalue weighted by Crippen LogP contribution is 2.27. The maximum absolute atomic E-state index is 4.58. The van der Waals surface area contributed by atoms with Crippen molar-refractivity contribution in [2.75, 3.05) is 0 Å². The van der Waals surface area contributed by atoms with Crippen molar-refractivity contribution in [3.63, 3.8) is 0 Å². The van der Waals surface area contributed by atoms with Crippen LogP contribution in [0.1, 0.15) is 19.4 Å². The van der Waals surface area contributed by atoms with Gasteiger partial charge in [-0.2, -0.15) is 10.2 Å². The molecule has 0 spiro atoms. The summed E-state index contributed by atoms with van der Waals surface area (Å²) < 4.78 is 3.71. The van der Waals surface area contributed by atoms with Crippen molar-refractivity contribution >= 4 is 10.9 Å². The summed E-state index contributed by atoms with van der Waals surface area (Å²) >= 11 is 0. The molecule has 0 aliphatic carbocycles. The normalized spacial score (nSPS) is 10.4. The Hall–Kier alpha value is -2.10. The van der Waals surface area contributed by atoms with E-state index in [2.05, 4.69) is 35.3 Å². The number of rotatable bonds is 1. The van der Waals surface area contributed by atoms with Crippen LogP contribution in [-0.4, -0.2) is 19.6 Å². The second kappa shape index (κ2) is 5.26. The van der Waals surface area contributed by atoms with Crippen LogP contribution in [0.4, 0.5) is 0 Å². The van der Waals surface area contributed by atoms with E-state index in [1.807, 2.05) is 45.0 Å². The number of fused-ring (bicyclic) bond motifs is 1. The van der Waals surface area contributed by atoms with Crippen molar-refractivity contribution in [2.24, 2.45) is 14.1 Å².